The highest BCUT2D eigenvalue weighted by atomic mass is 16.5. The molecule has 3 nitrogen and oxygen atoms in total. The smallest absolute Gasteiger partial charge is 0.309 e. The van der Waals surface area contributed by atoms with E-state index in [1.807, 2.05) is 18.2 Å². The Balaban J connectivity index is 2.96. The average molecular weight is 306 g/mol. The molecule has 0 aliphatic heterocycles. The topological polar surface area (TPSA) is 46.5 Å². The Hall–Kier alpha value is -1.35. The molecule has 0 aliphatic rings. The first-order valence-electron chi connectivity index (χ1n) is 8.39. The lowest BCUT2D eigenvalue weighted by Gasteiger charge is -2.30. The number of ether oxygens (including phenoxy) is 1. The summed E-state index contributed by atoms with van der Waals surface area (Å²) in [4.78, 5) is 12.4. The maximum Gasteiger partial charge on any atom is 0.309 e. The summed E-state index contributed by atoms with van der Waals surface area (Å²) >= 11 is 0. The van der Waals surface area contributed by atoms with Crippen LogP contribution < -0.4 is 0 Å². The van der Waals surface area contributed by atoms with Gasteiger partial charge in [0.2, 0.25) is 0 Å². The van der Waals surface area contributed by atoms with Crippen molar-refractivity contribution in [2.75, 3.05) is 13.7 Å². The Labute approximate surface area is 134 Å². The highest BCUT2D eigenvalue weighted by Gasteiger charge is 2.33. The van der Waals surface area contributed by atoms with E-state index in [1.165, 1.54) is 12.7 Å². The van der Waals surface area contributed by atoms with Crippen LogP contribution in [0.25, 0.3) is 0 Å². The normalized spacial score (nSPS) is 15.1. The zero-order valence-corrected chi connectivity index (χ0v) is 14.1. The van der Waals surface area contributed by atoms with E-state index in [2.05, 4.69) is 26.0 Å². The first-order chi connectivity index (χ1) is 10.7. The third kappa shape index (κ3) is 5.45. The molecule has 124 valence electrons. The molecule has 0 aliphatic carbocycles. The number of methoxy groups -OCH3 is 1. The zero-order chi connectivity index (χ0) is 16.4. The summed E-state index contributed by atoms with van der Waals surface area (Å²) in [5.41, 5.74) is 1.21. The first-order valence-corrected chi connectivity index (χ1v) is 8.39. The molecule has 22 heavy (non-hydrogen) atoms. The molecule has 0 saturated carbocycles. The second kappa shape index (κ2) is 10.4. The van der Waals surface area contributed by atoms with Gasteiger partial charge in [-0.1, -0.05) is 63.4 Å². The second-order valence-corrected chi connectivity index (χ2v) is 6.02. The van der Waals surface area contributed by atoms with Crippen molar-refractivity contribution in [3.8, 4) is 0 Å². The van der Waals surface area contributed by atoms with Crippen molar-refractivity contribution in [2.45, 2.75) is 51.9 Å². The molecule has 0 fully saturated rings. The molecule has 0 amide bonds. The lowest BCUT2D eigenvalue weighted by atomic mass is 9.75. The van der Waals surface area contributed by atoms with Crippen molar-refractivity contribution in [1.82, 2.24) is 0 Å². The van der Waals surface area contributed by atoms with Crippen LogP contribution in [-0.4, -0.2) is 24.8 Å². The first kappa shape index (κ1) is 18.7. The van der Waals surface area contributed by atoms with Gasteiger partial charge in [0, 0.05) is 6.61 Å². The van der Waals surface area contributed by atoms with Gasteiger partial charge in [-0.25, -0.2) is 0 Å². The molecule has 0 heterocycles. The van der Waals surface area contributed by atoms with E-state index >= 15 is 0 Å². The summed E-state index contributed by atoms with van der Waals surface area (Å²) in [5, 5.41) is 8.94. The summed E-state index contributed by atoms with van der Waals surface area (Å²) in [6.45, 7) is 4.49. The van der Waals surface area contributed by atoms with E-state index in [1.54, 1.807) is 0 Å². The quantitative estimate of drug-likeness (QED) is 0.521. The van der Waals surface area contributed by atoms with Gasteiger partial charge in [-0.3, -0.25) is 4.79 Å². The molecule has 1 rings (SSSR count). The Kier molecular flexibility index (Phi) is 8.83. The van der Waals surface area contributed by atoms with Gasteiger partial charge in [0.1, 0.15) is 0 Å². The van der Waals surface area contributed by atoms with Crippen LogP contribution in [0.15, 0.2) is 30.3 Å². The minimum Gasteiger partial charge on any atom is -0.469 e. The van der Waals surface area contributed by atoms with Crippen molar-refractivity contribution in [3.05, 3.63) is 35.9 Å². The fourth-order valence-electron chi connectivity index (χ4n) is 3.09. The van der Waals surface area contributed by atoms with Gasteiger partial charge < -0.3 is 9.84 Å². The Morgan fingerprint density at radius 3 is 2.41 bits per heavy atom. The maximum absolute atomic E-state index is 12.4. The summed E-state index contributed by atoms with van der Waals surface area (Å²) in [7, 11) is 1.48. The molecule has 0 bridgehead atoms. The van der Waals surface area contributed by atoms with Crippen LogP contribution >= 0.6 is 0 Å². The Morgan fingerprint density at radius 1 is 1.18 bits per heavy atom. The summed E-state index contributed by atoms with van der Waals surface area (Å²) < 4.78 is 5.09. The minimum absolute atomic E-state index is 0.105. The minimum atomic E-state index is -0.106. The third-order valence-electron chi connectivity index (χ3n) is 4.56. The second-order valence-electron chi connectivity index (χ2n) is 6.02. The number of unbranched alkanes of at least 4 members (excludes halogenated alkanes) is 2. The van der Waals surface area contributed by atoms with Gasteiger partial charge in [0.15, 0.2) is 0 Å². The van der Waals surface area contributed by atoms with Gasteiger partial charge >= 0.3 is 5.97 Å². The number of hydrogen-bond acceptors (Lipinski definition) is 3. The molecule has 1 aromatic carbocycles. The molecule has 0 radical (unpaired) electrons. The molecule has 0 spiro atoms. The third-order valence-corrected chi connectivity index (χ3v) is 4.56. The van der Waals surface area contributed by atoms with E-state index in [-0.39, 0.29) is 30.3 Å². The van der Waals surface area contributed by atoms with Crippen LogP contribution in [0.2, 0.25) is 0 Å². The fraction of sp³-hybridized carbons (Fsp3) is 0.632. The van der Waals surface area contributed by atoms with Crippen molar-refractivity contribution in [1.29, 1.82) is 0 Å². The average Bonchev–Trinajstić information content (AvgIpc) is 2.57. The number of hydrogen-bond donors (Lipinski definition) is 1. The van der Waals surface area contributed by atoms with Crippen LogP contribution in [-0.2, 0) is 9.53 Å². The van der Waals surface area contributed by atoms with Crippen molar-refractivity contribution in [3.63, 3.8) is 0 Å². The summed E-state index contributed by atoms with van der Waals surface area (Å²) in [5.74, 6) is 0.259. The van der Waals surface area contributed by atoms with Crippen LogP contribution in [0.3, 0.4) is 0 Å². The molecule has 1 aromatic rings. The molecule has 3 heteroatoms. The van der Waals surface area contributed by atoms with Crippen LogP contribution in [0.4, 0.5) is 0 Å². The highest BCUT2D eigenvalue weighted by molar-refractivity contribution is 5.74. The van der Waals surface area contributed by atoms with E-state index in [0.717, 1.165) is 32.1 Å². The number of esters is 1. The Morgan fingerprint density at radius 2 is 1.86 bits per heavy atom. The number of carbonyl (C=O) groups is 1. The number of rotatable bonds is 10. The molecule has 1 N–H and O–H groups in total. The van der Waals surface area contributed by atoms with Crippen LogP contribution in [0.1, 0.15) is 57.4 Å². The molecule has 0 aromatic heterocycles. The van der Waals surface area contributed by atoms with E-state index in [9.17, 15) is 4.79 Å². The van der Waals surface area contributed by atoms with Gasteiger partial charge in [0.25, 0.3) is 0 Å². The highest BCUT2D eigenvalue weighted by Crippen LogP contribution is 2.36. The summed E-state index contributed by atoms with van der Waals surface area (Å²) in [6, 6.07) is 10.3. The SMILES string of the molecule is CCC(C)C(C(=O)OC)C(CCCCCO)c1ccccc1. The standard InChI is InChI=1S/C19H30O3/c1-4-15(2)18(19(21)22-3)17(13-9-6-10-14-20)16-11-7-5-8-12-16/h5,7-8,11-12,15,17-18,20H,4,6,9-10,13-14H2,1-3H3. The fourth-order valence-corrected chi connectivity index (χ4v) is 3.09. The number of aliphatic hydroxyl groups is 1. The molecule has 3 unspecified atom stereocenters. The predicted octanol–water partition coefficient (Wildman–Crippen LogP) is 4.16. The van der Waals surface area contributed by atoms with Crippen molar-refractivity contribution >= 4 is 5.97 Å². The zero-order valence-electron chi connectivity index (χ0n) is 14.1. The summed E-state index contributed by atoms with van der Waals surface area (Å²) in [6.07, 6.45) is 4.75. The monoisotopic (exact) mass is 306 g/mol. The van der Waals surface area contributed by atoms with E-state index < -0.39 is 0 Å². The van der Waals surface area contributed by atoms with E-state index in [4.69, 9.17) is 9.84 Å². The molecule has 3 atom stereocenters. The lowest BCUT2D eigenvalue weighted by Crippen LogP contribution is -2.29. The number of aliphatic hydroxyl groups excluding tert-OH is 1. The number of carbonyl (C=O) groups excluding carboxylic acids is 1. The van der Waals surface area contributed by atoms with Crippen LogP contribution in [0, 0.1) is 11.8 Å². The molecular formula is C19H30O3. The van der Waals surface area contributed by atoms with E-state index in [0.29, 0.717) is 0 Å². The number of benzene rings is 1. The van der Waals surface area contributed by atoms with Crippen LogP contribution in [0.5, 0.6) is 0 Å². The predicted molar refractivity (Wildman–Crippen MR) is 89.7 cm³/mol. The van der Waals surface area contributed by atoms with Crippen molar-refractivity contribution < 1.29 is 14.6 Å². The molecule has 0 saturated heterocycles. The maximum atomic E-state index is 12.4. The lowest BCUT2D eigenvalue weighted by molar-refractivity contribution is -0.148. The van der Waals surface area contributed by atoms with Gasteiger partial charge in [-0.2, -0.15) is 0 Å². The van der Waals surface area contributed by atoms with Gasteiger partial charge in [-0.15, -0.1) is 0 Å². The largest absolute Gasteiger partial charge is 0.469 e. The molecular weight excluding hydrogens is 276 g/mol. The van der Waals surface area contributed by atoms with Crippen molar-refractivity contribution in [2.24, 2.45) is 11.8 Å². The Bertz CT molecular complexity index is 416. The van der Waals surface area contributed by atoms with Gasteiger partial charge in [0.05, 0.1) is 13.0 Å². The van der Waals surface area contributed by atoms with Gasteiger partial charge in [-0.05, 0) is 30.2 Å².